The third-order valence-electron chi connectivity index (χ3n) is 2.79. The van der Waals surface area contributed by atoms with Crippen LogP contribution in [0.15, 0.2) is 0 Å². The molecule has 8 heteroatoms. The average molecular weight is 282 g/mol. The van der Waals surface area contributed by atoms with Gasteiger partial charge < -0.3 is 38.6 Å². The van der Waals surface area contributed by atoms with Crippen molar-refractivity contribution in [1.82, 2.24) is 0 Å². The Morgan fingerprint density at radius 3 is 2.05 bits per heavy atom. The molecule has 0 unspecified atom stereocenters. The molecular weight excluding hydrogens is 260 g/mol. The highest BCUT2D eigenvalue weighted by atomic mass is 16.7. The molecule has 1 aliphatic heterocycles. The molecule has 19 heavy (non-hydrogen) atoms. The van der Waals surface area contributed by atoms with Gasteiger partial charge in [0.15, 0.2) is 6.29 Å². The summed E-state index contributed by atoms with van der Waals surface area (Å²) in [5.41, 5.74) is 0. The molecule has 0 bridgehead atoms. The Morgan fingerprint density at radius 2 is 1.58 bits per heavy atom. The molecule has 1 heterocycles. The van der Waals surface area contributed by atoms with Crippen LogP contribution in [0.1, 0.15) is 0 Å². The van der Waals surface area contributed by atoms with Crippen LogP contribution in [0.3, 0.4) is 0 Å². The van der Waals surface area contributed by atoms with Gasteiger partial charge in [0.1, 0.15) is 38.0 Å². The monoisotopic (exact) mass is 282 g/mol. The van der Waals surface area contributed by atoms with E-state index in [0.717, 1.165) is 0 Å². The van der Waals surface area contributed by atoms with Crippen molar-refractivity contribution < 1.29 is 38.6 Å². The van der Waals surface area contributed by atoms with Crippen molar-refractivity contribution in [2.24, 2.45) is 0 Å². The molecule has 0 radical (unpaired) electrons. The highest BCUT2D eigenvalue weighted by Crippen LogP contribution is 2.26. The van der Waals surface area contributed by atoms with Gasteiger partial charge in [0.2, 0.25) is 0 Å². The lowest BCUT2D eigenvalue weighted by atomic mass is 9.99. The van der Waals surface area contributed by atoms with E-state index in [-0.39, 0.29) is 20.2 Å². The molecule has 1 aliphatic rings. The van der Waals surface area contributed by atoms with E-state index in [2.05, 4.69) is 0 Å². The van der Waals surface area contributed by atoms with E-state index in [4.69, 9.17) is 28.4 Å². The summed E-state index contributed by atoms with van der Waals surface area (Å²) in [5.74, 6) is 0. The summed E-state index contributed by atoms with van der Waals surface area (Å²) < 4.78 is 31.0. The SMILES string of the molecule is COCO[C@H]1[C@@H](OC)O[C@H](CO)[C@@H](O)[C@@H]1OCOC. The first-order chi connectivity index (χ1) is 9.19. The Balaban J connectivity index is 2.77. The van der Waals surface area contributed by atoms with Crippen LogP contribution in [0.25, 0.3) is 0 Å². The van der Waals surface area contributed by atoms with Crippen LogP contribution < -0.4 is 0 Å². The Hall–Kier alpha value is -0.320. The van der Waals surface area contributed by atoms with Gasteiger partial charge in [-0.3, -0.25) is 0 Å². The number of hydrogen-bond acceptors (Lipinski definition) is 8. The molecule has 8 nitrogen and oxygen atoms in total. The van der Waals surface area contributed by atoms with Gasteiger partial charge in [-0.05, 0) is 0 Å². The number of aliphatic hydroxyl groups excluding tert-OH is 2. The van der Waals surface area contributed by atoms with Crippen LogP contribution in [0.2, 0.25) is 0 Å². The van der Waals surface area contributed by atoms with Gasteiger partial charge >= 0.3 is 0 Å². The molecular formula is C11H22O8. The summed E-state index contributed by atoms with van der Waals surface area (Å²) in [5, 5.41) is 19.3. The lowest BCUT2D eigenvalue weighted by Gasteiger charge is -2.42. The van der Waals surface area contributed by atoms with Crippen molar-refractivity contribution in [3.63, 3.8) is 0 Å². The van der Waals surface area contributed by atoms with Crippen LogP contribution in [0.4, 0.5) is 0 Å². The first-order valence-electron chi connectivity index (χ1n) is 5.87. The van der Waals surface area contributed by atoms with Crippen LogP contribution >= 0.6 is 0 Å². The average Bonchev–Trinajstić information content (AvgIpc) is 2.44. The number of hydrogen-bond donors (Lipinski definition) is 2. The van der Waals surface area contributed by atoms with Crippen LogP contribution in [-0.2, 0) is 28.4 Å². The van der Waals surface area contributed by atoms with E-state index >= 15 is 0 Å². The second-order valence-electron chi connectivity index (χ2n) is 4.03. The third-order valence-corrected chi connectivity index (χ3v) is 2.79. The zero-order valence-corrected chi connectivity index (χ0v) is 11.4. The van der Waals surface area contributed by atoms with Gasteiger partial charge in [-0.2, -0.15) is 0 Å². The van der Waals surface area contributed by atoms with E-state index in [9.17, 15) is 10.2 Å². The zero-order valence-electron chi connectivity index (χ0n) is 11.4. The normalized spacial score (nSPS) is 35.5. The number of rotatable bonds is 8. The van der Waals surface area contributed by atoms with E-state index < -0.39 is 30.7 Å². The minimum Gasteiger partial charge on any atom is -0.394 e. The molecule has 5 atom stereocenters. The lowest BCUT2D eigenvalue weighted by molar-refractivity contribution is -0.325. The van der Waals surface area contributed by atoms with E-state index in [0.29, 0.717) is 0 Å². The molecule has 114 valence electrons. The predicted octanol–water partition coefficient (Wildman–Crippen LogP) is -1.31. The summed E-state index contributed by atoms with van der Waals surface area (Å²) >= 11 is 0. The van der Waals surface area contributed by atoms with Gasteiger partial charge in [0.05, 0.1) is 6.61 Å². The fourth-order valence-corrected chi connectivity index (χ4v) is 1.89. The van der Waals surface area contributed by atoms with Gasteiger partial charge in [0.25, 0.3) is 0 Å². The Kier molecular flexibility index (Phi) is 7.73. The van der Waals surface area contributed by atoms with Crippen LogP contribution in [0, 0.1) is 0 Å². The summed E-state index contributed by atoms with van der Waals surface area (Å²) in [6.45, 7) is -0.384. The fraction of sp³-hybridized carbons (Fsp3) is 1.00. The van der Waals surface area contributed by atoms with Crippen molar-refractivity contribution in [2.45, 2.75) is 30.7 Å². The van der Waals surface area contributed by atoms with Crippen LogP contribution in [-0.4, -0.2) is 82.4 Å². The van der Waals surface area contributed by atoms with E-state index in [1.807, 2.05) is 0 Å². The topological polar surface area (TPSA) is 95.8 Å². The van der Waals surface area contributed by atoms with Crippen LogP contribution in [0.5, 0.6) is 0 Å². The first-order valence-corrected chi connectivity index (χ1v) is 5.87. The van der Waals surface area contributed by atoms with Crippen molar-refractivity contribution in [3.8, 4) is 0 Å². The van der Waals surface area contributed by atoms with Gasteiger partial charge in [-0.15, -0.1) is 0 Å². The highest BCUT2D eigenvalue weighted by Gasteiger charge is 2.47. The second kappa shape index (κ2) is 8.77. The Labute approximate surface area is 112 Å². The molecule has 0 spiro atoms. The van der Waals surface area contributed by atoms with Crippen molar-refractivity contribution >= 4 is 0 Å². The zero-order chi connectivity index (χ0) is 14.3. The maximum atomic E-state index is 10.1. The minimum atomic E-state index is -1.06. The lowest BCUT2D eigenvalue weighted by Crippen LogP contribution is -2.61. The minimum absolute atomic E-state index is 0.00274. The molecule has 0 aromatic heterocycles. The second-order valence-corrected chi connectivity index (χ2v) is 4.03. The fourth-order valence-electron chi connectivity index (χ4n) is 1.89. The molecule has 0 amide bonds. The molecule has 0 saturated carbocycles. The number of methoxy groups -OCH3 is 3. The quantitative estimate of drug-likeness (QED) is 0.530. The van der Waals surface area contributed by atoms with Crippen molar-refractivity contribution in [1.29, 1.82) is 0 Å². The molecule has 1 fully saturated rings. The molecule has 1 saturated heterocycles. The molecule has 0 aliphatic carbocycles. The Morgan fingerprint density at radius 1 is 1.00 bits per heavy atom. The van der Waals surface area contributed by atoms with E-state index in [1.54, 1.807) is 0 Å². The third kappa shape index (κ3) is 4.33. The molecule has 0 aromatic rings. The molecule has 0 aromatic carbocycles. The predicted molar refractivity (Wildman–Crippen MR) is 62.3 cm³/mol. The van der Waals surface area contributed by atoms with Gasteiger partial charge in [-0.1, -0.05) is 0 Å². The Bertz CT molecular complexity index is 239. The van der Waals surface area contributed by atoms with E-state index in [1.165, 1.54) is 21.3 Å². The summed E-state index contributed by atoms with van der Waals surface area (Å²) in [6.07, 6.45) is -4.11. The number of aliphatic hydroxyl groups is 2. The van der Waals surface area contributed by atoms with Crippen molar-refractivity contribution in [2.75, 3.05) is 41.5 Å². The first kappa shape index (κ1) is 16.7. The largest absolute Gasteiger partial charge is 0.394 e. The molecule has 1 rings (SSSR count). The van der Waals surface area contributed by atoms with Gasteiger partial charge in [0, 0.05) is 21.3 Å². The maximum absolute atomic E-state index is 10.1. The van der Waals surface area contributed by atoms with Gasteiger partial charge in [-0.25, -0.2) is 0 Å². The number of ether oxygens (including phenoxy) is 6. The highest BCUT2D eigenvalue weighted by molar-refractivity contribution is 4.91. The summed E-state index contributed by atoms with van der Waals surface area (Å²) in [4.78, 5) is 0. The standard InChI is InChI=1S/C11H22O8/c1-14-5-17-9-8(13)7(4-12)19-11(16-3)10(9)18-6-15-2/h7-13H,4-6H2,1-3H3/t7-,8-,9+,10-,11+/m1/s1. The summed E-state index contributed by atoms with van der Waals surface area (Å²) in [7, 11) is 4.38. The molecule has 2 N–H and O–H groups in total. The maximum Gasteiger partial charge on any atom is 0.186 e. The summed E-state index contributed by atoms with van der Waals surface area (Å²) in [6, 6.07) is 0. The smallest absolute Gasteiger partial charge is 0.186 e. The van der Waals surface area contributed by atoms with Crippen molar-refractivity contribution in [3.05, 3.63) is 0 Å².